The molecule has 83 heavy (non-hydrogen) atoms. The third-order valence-electron chi connectivity index (χ3n) is 16.8. The Morgan fingerprint density at radius 3 is 0.735 bits per heavy atom. The van der Waals surface area contributed by atoms with Crippen molar-refractivity contribution in [2.75, 3.05) is 13.2 Å². The maximum atomic E-state index is 12.9. The zero-order valence-electron chi connectivity index (χ0n) is 56.0. The van der Waals surface area contributed by atoms with E-state index < -0.39 is 6.10 Å². The van der Waals surface area contributed by atoms with Gasteiger partial charge in [0.25, 0.3) is 0 Å². The molecule has 0 saturated carbocycles. The van der Waals surface area contributed by atoms with Crippen LogP contribution in [-0.4, -0.2) is 37.2 Å². The van der Waals surface area contributed by atoms with Crippen LogP contribution in [0.25, 0.3) is 0 Å². The summed E-state index contributed by atoms with van der Waals surface area (Å²) in [5.74, 6) is -0.829. The molecule has 0 rings (SSSR count). The Morgan fingerprint density at radius 2 is 0.470 bits per heavy atom. The highest BCUT2D eigenvalue weighted by atomic mass is 16.6. The normalized spacial score (nSPS) is 12.3. The Labute approximate surface area is 518 Å². The van der Waals surface area contributed by atoms with Crippen molar-refractivity contribution in [2.24, 2.45) is 0 Å². The van der Waals surface area contributed by atoms with Gasteiger partial charge < -0.3 is 14.2 Å². The minimum Gasteiger partial charge on any atom is -0.462 e. The Hall–Kier alpha value is -2.63. The maximum absolute atomic E-state index is 12.9. The first-order valence-corrected chi connectivity index (χ1v) is 37.1. The van der Waals surface area contributed by atoms with Crippen LogP contribution in [0.3, 0.4) is 0 Å². The second kappa shape index (κ2) is 71.8. The zero-order valence-corrected chi connectivity index (χ0v) is 56.0. The summed E-state index contributed by atoms with van der Waals surface area (Å²) in [4.78, 5) is 38.5. The Kier molecular flexibility index (Phi) is 69.6. The van der Waals surface area contributed by atoms with E-state index in [1.54, 1.807) is 0 Å². The highest BCUT2D eigenvalue weighted by molar-refractivity contribution is 5.71. The summed E-state index contributed by atoms with van der Waals surface area (Å²) in [6.07, 6.45) is 91.6. The van der Waals surface area contributed by atoms with Crippen LogP contribution in [-0.2, 0) is 28.6 Å². The number of rotatable bonds is 69. The highest BCUT2D eigenvalue weighted by Gasteiger charge is 2.20. The van der Waals surface area contributed by atoms with Crippen LogP contribution in [0.1, 0.15) is 406 Å². The number of esters is 3. The molecule has 0 aliphatic rings. The smallest absolute Gasteiger partial charge is 0.306 e. The van der Waals surface area contributed by atoms with Crippen molar-refractivity contribution in [1.82, 2.24) is 0 Å². The quantitative estimate of drug-likeness (QED) is 0.0261. The summed E-state index contributed by atoms with van der Waals surface area (Å²) in [5, 5.41) is 0. The third-order valence-corrected chi connectivity index (χ3v) is 16.8. The lowest BCUT2D eigenvalue weighted by atomic mass is 10.0. The minimum atomic E-state index is -0.768. The van der Waals surface area contributed by atoms with Crippen LogP contribution >= 0.6 is 0 Å². The van der Waals surface area contributed by atoms with Gasteiger partial charge in [0.1, 0.15) is 13.2 Å². The Bertz CT molecular complexity index is 1430. The van der Waals surface area contributed by atoms with E-state index in [0.717, 1.165) is 83.5 Å². The van der Waals surface area contributed by atoms with Crippen LogP contribution < -0.4 is 0 Å². The topological polar surface area (TPSA) is 78.9 Å². The number of ether oxygens (including phenoxy) is 3. The molecule has 0 aliphatic carbocycles. The van der Waals surface area contributed by atoms with Gasteiger partial charge >= 0.3 is 17.9 Å². The molecule has 0 saturated heterocycles. The molecule has 0 fully saturated rings. The van der Waals surface area contributed by atoms with Gasteiger partial charge in [0.2, 0.25) is 0 Å². The largest absolute Gasteiger partial charge is 0.462 e. The monoisotopic (exact) mass is 1160 g/mol. The number of hydrogen-bond donors (Lipinski definition) is 0. The van der Waals surface area contributed by atoms with Crippen LogP contribution in [0.2, 0.25) is 0 Å². The summed E-state index contributed by atoms with van der Waals surface area (Å²) in [7, 11) is 0. The van der Waals surface area contributed by atoms with E-state index in [0.29, 0.717) is 19.3 Å². The molecule has 6 nitrogen and oxygen atoms in total. The molecular weight excluding hydrogens is 1020 g/mol. The summed E-state index contributed by atoms with van der Waals surface area (Å²) >= 11 is 0. The van der Waals surface area contributed by atoms with Crippen molar-refractivity contribution in [3.8, 4) is 0 Å². The van der Waals surface area contributed by atoms with Crippen LogP contribution in [0.15, 0.2) is 48.6 Å². The molecule has 1 atom stereocenters. The van der Waals surface area contributed by atoms with Crippen LogP contribution in [0.5, 0.6) is 0 Å². The Balaban J connectivity index is 4.13. The van der Waals surface area contributed by atoms with E-state index in [1.165, 1.54) is 283 Å². The van der Waals surface area contributed by atoms with E-state index in [-0.39, 0.29) is 31.1 Å². The number of unbranched alkanes of at least 4 members (excludes halogenated alkanes) is 50. The van der Waals surface area contributed by atoms with E-state index in [9.17, 15) is 14.4 Å². The van der Waals surface area contributed by atoms with Crippen molar-refractivity contribution in [2.45, 2.75) is 412 Å². The average molecular weight is 1160 g/mol. The second-order valence-electron chi connectivity index (χ2n) is 25.2. The van der Waals surface area contributed by atoms with E-state index in [1.807, 2.05) is 0 Å². The molecule has 0 heterocycles. The van der Waals surface area contributed by atoms with Gasteiger partial charge in [-0.05, 0) is 57.8 Å². The molecule has 0 aromatic heterocycles. The molecule has 0 aliphatic heterocycles. The van der Waals surface area contributed by atoms with E-state index >= 15 is 0 Å². The van der Waals surface area contributed by atoms with E-state index in [2.05, 4.69) is 69.4 Å². The molecule has 0 radical (unpaired) electrons. The van der Waals surface area contributed by atoms with Gasteiger partial charge in [-0.3, -0.25) is 14.4 Å². The standard InChI is InChI=1S/C77H142O6/c1-4-7-10-13-16-19-22-25-28-30-31-32-33-34-35-36-37-38-39-40-41-42-43-44-45-47-49-52-55-58-61-64-67-70-76(79)82-73-74(72-81-75(78)69-66-63-60-57-54-51-48-27-24-21-18-15-12-9-6-3)83-77(80)71-68-65-62-59-56-53-50-46-29-26-23-20-17-14-11-8-5-2/h7,10,16,19,25,28,31-32,74H,4-6,8-9,11-15,17-18,20-24,26-27,29-30,33-73H2,1-3H3/b10-7-,19-16-,28-25-,32-31-. The van der Waals surface area contributed by atoms with Gasteiger partial charge in [0.05, 0.1) is 0 Å². The molecular formula is C77H142O6. The third kappa shape index (κ3) is 70.0. The van der Waals surface area contributed by atoms with Crippen molar-refractivity contribution >= 4 is 17.9 Å². The lowest BCUT2D eigenvalue weighted by molar-refractivity contribution is -0.167. The molecule has 0 aromatic rings. The molecule has 6 heteroatoms. The van der Waals surface area contributed by atoms with Gasteiger partial charge in [0.15, 0.2) is 6.10 Å². The maximum Gasteiger partial charge on any atom is 0.306 e. The van der Waals surface area contributed by atoms with Crippen molar-refractivity contribution < 1.29 is 28.6 Å². The van der Waals surface area contributed by atoms with Crippen molar-refractivity contribution in [1.29, 1.82) is 0 Å². The second-order valence-corrected chi connectivity index (χ2v) is 25.2. The summed E-state index contributed by atoms with van der Waals surface area (Å²) in [6, 6.07) is 0. The highest BCUT2D eigenvalue weighted by Crippen LogP contribution is 2.19. The lowest BCUT2D eigenvalue weighted by Gasteiger charge is -2.18. The predicted octanol–water partition coefficient (Wildman–Crippen LogP) is 25.7. The fourth-order valence-electron chi connectivity index (χ4n) is 11.3. The van der Waals surface area contributed by atoms with Gasteiger partial charge in [-0.25, -0.2) is 0 Å². The van der Waals surface area contributed by atoms with Crippen molar-refractivity contribution in [3.63, 3.8) is 0 Å². The number of allylic oxidation sites excluding steroid dienone is 8. The van der Waals surface area contributed by atoms with Crippen molar-refractivity contribution in [3.05, 3.63) is 48.6 Å². The molecule has 486 valence electrons. The molecule has 0 aromatic carbocycles. The van der Waals surface area contributed by atoms with Crippen LogP contribution in [0, 0.1) is 0 Å². The minimum absolute atomic E-state index is 0.0640. The average Bonchev–Trinajstić information content (AvgIpc) is 3.49. The fraction of sp³-hybridized carbons (Fsp3) is 0.857. The first-order valence-electron chi connectivity index (χ1n) is 37.1. The number of hydrogen-bond acceptors (Lipinski definition) is 6. The molecule has 0 bridgehead atoms. The molecule has 1 unspecified atom stereocenters. The van der Waals surface area contributed by atoms with Gasteiger partial charge in [-0.1, -0.05) is 378 Å². The van der Waals surface area contributed by atoms with Gasteiger partial charge in [0, 0.05) is 19.3 Å². The summed E-state index contributed by atoms with van der Waals surface area (Å²) < 4.78 is 17.0. The summed E-state index contributed by atoms with van der Waals surface area (Å²) in [5.41, 5.74) is 0. The molecule has 0 amide bonds. The molecule has 0 spiro atoms. The summed E-state index contributed by atoms with van der Waals surface area (Å²) in [6.45, 7) is 6.61. The zero-order chi connectivity index (χ0) is 59.9. The van der Waals surface area contributed by atoms with Crippen LogP contribution in [0.4, 0.5) is 0 Å². The lowest BCUT2D eigenvalue weighted by Crippen LogP contribution is -2.30. The number of carbonyl (C=O) groups excluding carboxylic acids is 3. The number of carbonyl (C=O) groups is 3. The van der Waals surface area contributed by atoms with Gasteiger partial charge in [-0.15, -0.1) is 0 Å². The first kappa shape index (κ1) is 80.4. The molecule has 0 N–H and O–H groups in total. The van der Waals surface area contributed by atoms with E-state index in [4.69, 9.17) is 14.2 Å². The fourth-order valence-corrected chi connectivity index (χ4v) is 11.3. The Morgan fingerprint density at radius 1 is 0.253 bits per heavy atom. The predicted molar refractivity (Wildman–Crippen MR) is 362 cm³/mol. The first-order chi connectivity index (χ1) is 41.0. The van der Waals surface area contributed by atoms with Gasteiger partial charge in [-0.2, -0.15) is 0 Å². The SMILES string of the molecule is CC/C=C\C/C=C\C/C=C\C/C=C\CCCCCCCCCCCCCCCCCCCCCCC(=O)OCC(COC(=O)CCCCCCCCCCCCCCCCC)OC(=O)CCCCCCCCCCCCCCCCCCC.